The van der Waals surface area contributed by atoms with Crippen molar-refractivity contribution < 1.29 is 13.2 Å². The van der Waals surface area contributed by atoms with Gasteiger partial charge < -0.3 is 9.47 Å². The maximum absolute atomic E-state index is 13.9. The van der Waals surface area contributed by atoms with E-state index in [0.29, 0.717) is 5.69 Å². The Labute approximate surface area is 363 Å². The monoisotopic (exact) mass is 820 g/mol. The first-order chi connectivity index (χ1) is 30.8. The van der Waals surface area contributed by atoms with Crippen molar-refractivity contribution >= 4 is 60.4 Å². The average Bonchev–Trinajstić information content (AvgIpc) is 3.65. The summed E-state index contributed by atoms with van der Waals surface area (Å²) in [7, 11) is 0. The quantitative estimate of drug-likeness (QED) is 0.145. The maximum atomic E-state index is 13.9. The minimum absolute atomic E-state index is 0.438. The first kappa shape index (κ1) is 38.1. The highest BCUT2D eigenvalue weighted by Crippen LogP contribution is 2.45. The van der Waals surface area contributed by atoms with Crippen LogP contribution in [0.5, 0.6) is 0 Å². The fraction of sp³-hybridized carbons (Fsp3) is 0.0345. The number of anilines is 3. The van der Waals surface area contributed by atoms with Crippen LogP contribution in [0.25, 0.3) is 82.4 Å². The van der Waals surface area contributed by atoms with Crippen LogP contribution in [0, 0.1) is 6.92 Å². The zero-order valence-electron chi connectivity index (χ0n) is 34.3. The summed E-state index contributed by atoms with van der Waals surface area (Å²) in [5.74, 6) is 0. The summed E-state index contributed by atoms with van der Waals surface area (Å²) < 4.78 is 43.9. The lowest BCUT2D eigenvalue weighted by Crippen LogP contribution is -2.12. The predicted octanol–water partition coefficient (Wildman–Crippen LogP) is 16.9. The number of aryl methyl sites for hydroxylation is 1. The number of hydrogen-bond acceptors (Lipinski definition) is 1. The largest absolute Gasteiger partial charge is 0.416 e. The smallest absolute Gasteiger partial charge is 0.310 e. The first-order valence-corrected chi connectivity index (χ1v) is 21.1. The van der Waals surface area contributed by atoms with Crippen LogP contribution < -0.4 is 4.90 Å². The van der Waals surface area contributed by atoms with Crippen molar-refractivity contribution in [1.29, 1.82) is 0 Å². The second kappa shape index (κ2) is 15.2. The Hall–Kier alpha value is -7.89. The molecule has 1 heterocycles. The van der Waals surface area contributed by atoms with Gasteiger partial charge in [-0.2, -0.15) is 13.2 Å². The van der Waals surface area contributed by atoms with Gasteiger partial charge in [-0.15, -0.1) is 0 Å². The molecule has 1 aromatic heterocycles. The van der Waals surface area contributed by atoms with Crippen LogP contribution in [0.2, 0.25) is 0 Å². The van der Waals surface area contributed by atoms with Gasteiger partial charge in [0.1, 0.15) is 0 Å². The highest BCUT2D eigenvalue weighted by Gasteiger charge is 2.31. The Balaban J connectivity index is 0.981. The van der Waals surface area contributed by atoms with Gasteiger partial charge in [0.05, 0.1) is 16.6 Å². The van der Waals surface area contributed by atoms with Crippen LogP contribution in [-0.2, 0) is 6.18 Å². The minimum Gasteiger partial charge on any atom is -0.310 e. The van der Waals surface area contributed by atoms with E-state index in [1.165, 1.54) is 50.4 Å². The first-order valence-electron chi connectivity index (χ1n) is 21.1. The highest BCUT2D eigenvalue weighted by molar-refractivity contribution is 6.21. The summed E-state index contributed by atoms with van der Waals surface area (Å²) in [5.41, 5.74) is 12.5. The summed E-state index contributed by atoms with van der Waals surface area (Å²) >= 11 is 0. The van der Waals surface area contributed by atoms with Crippen LogP contribution in [0.3, 0.4) is 0 Å². The van der Waals surface area contributed by atoms with Gasteiger partial charge >= 0.3 is 6.18 Å². The second-order valence-electron chi connectivity index (χ2n) is 16.1. The minimum atomic E-state index is -4.45. The van der Waals surface area contributed by atoms with Crippen molar-refractivity contribution in [3.63, 3.8) is 0 Å². The fourth-order valence-electron chi connectivity index (χ4n) is 9.40. The molecule has 0 aliphatic carbocycles. The number of nitrogens with zero attached hydrogens (tertiary/aromatic N) is 2. The van der Waals surface area contributed by atoms with Gasteiger partial charge in [-0.3, -0.25) is 0 Å². The van der Waals surface area contributed by atoms with E-state index in [-0.39, 0.29) is 0 Å². The van der Waals surface area contributed by atoms with Gasteiger partial charge in [0, 0.05) is 33.5 Å². The molecule has 0 N–H and O–H groups in total. The molecule has 302 valence electrons. The molecule has 63 heavy (non-hydrogen) atoms. The molecule has 0 saturated carbocycles. The molecule has 0 saturated heterocycles. The van der Waals surface area contributed by atoms with Gasteiger partial charge in [-0.1, -0.05) is 146 Å². The number of halogens is 3. The molecule has 11 rings (SSSR count). The number of benzene rings is 10. The molecule has 10 aromatic carbocycles. The SMILES string of the molecule is Cc1cccc(N(c2ccc(-c3ccc4c(c3)c3ccccc3n4-c3ccc(-c4c5ccccc5c(-c5ccccc5)c5ccccc45)cc3)cc2)c2cccc(C(F)(F)F)c2)c1. The number of hydrogen-bond donors (Lipinski definition) is 0. The topological polar surface area (TPSA) is 8.17 Å². The lowest BCUT2D eigenvalue weighted by molar-refractivity contribution is -0.137. The molecule has 11 aromatic rings. The van der Waals surface area contributed by atoms with Crippen molar-refractivity contribution in [2.24, 2.45) is 0 Å². The zero-order valence-corrected chi connectivity index (χ0v) is 34.3. The molecule has 0 bridgehead atoms. The fourth-order valence-corrected chi connectivity index (χ4v) is 9.40. The van der Waals surface area contributed by atoms with Gasteiger partial charge in [0.15, 0.2) is 0 Å². The summed E-state index contributed by atoms with van der Waals surface area (Å²) in [6.45, 7) is 1.98. The number of aromatic nitrogens is 1. The second-order valence-corrected chi connectivity index (χ2v) is 16.1. The van der Waals surface area contributed by atoms with Crippen LogP contribution in [0.15, 0.2) is 218 Å². The van der Waals surface area contributed by atoms with Crippen molar-refractivity contribution in [2.75, 3.05) is 4.90 Å². The van der Waals surface area contributed by atoms with E-state index in [9.17, 15) is 13.2 Å². The molecule has 0 amide bonds. The third-order valence-electron chi connectivity index (χ3n) is 12.2. The van der Waals surface area contributed by atoms with Crippen LogP contribution in [0.4, 0.5) is 30.2 Å². The molecule has 0 radical (unpaired) electrons. The lowest BCUT2D eigenvalue weighted by atomic mass is 9.86. The molecule has 2 nitrogen and oxygen atoms in total. The number of para-hydroxylation sites is 1. The number of alkyl halides is 3. The van der Waals surface area contributed by atoms with Crippen molar-refractivity contribution in [3.05, 3.63) is 230 Å². The van der Waals surface area contributed by atoms with Gasteiger partial charge in [-0.05, 0) is 140 Å². The molecule has 0 aliphatic rings. The molecule has 0 unspecified atom stereocenters. The number of fused-ring (bicyclic) bond motifs is 5. The molecular weight excluding hydrogens is 782 g/mol. The maximum Gasteiger partial charge on any atom is 0.416 e. The third kappa shape index (κ3) is 6.70. The van der Waals surface area contributed by atoms with Crippen LogP contribution in [0.1, 0.15) is 11.1 Å². The van der Waals surface area contributed by atoms with E-state index < -0.39 is 11.7 Å². The molecular formula is C58H39F3N2. The summed E-state index contributed by atoms with van der Waals surface area (Å²) in [5, 5.41) is 7.19. The molecule has 0 aliphatic heterocycles. The Morgan fingerprint density at radius 1 is 0.365 bits per heavy atom. The summed E-state index contributed by atoms with van der Waals surface area (Å²) in [4.78, 5) is 1.87. The lowest BCUT2D eigenvalue weighted by Gasteiger charge is -2.26. The Kier molecular flexibility index (Phi) is 9.20. The summed E-state index contributed by atoms with van der Waals surface area (Å²) in [6, 6.07) is 73.6. The Morgan fingerprint density at radius 2 is 0.873 bits per heavy atom. The average molecular weight is 821 g/mol. The van der Waals surface area contributed by atoms with E-state index in [2.05, 4.69) is 150 Å². The van der Waals surface area contributed by atoms with Crippen molar-refractivity contribution in [1.82, 2.24) is 4.57 Å². The molecule has 0 atom stereocenters. The van der Waals surface area contributed by atoms with Gasteiger partial charge in [0.2, 0.25) is 0 Å². The van der Waals surface area contributed by atoms with E-state index >= 15 is 0 Å². The van der Waals surface area contributed by atoms with E-state index in [1.807, 2.05) is 60.4 Å². The van der Waals surface area contributed by atoms with Crippen LogP contribution in [-0.4, -0.2) is 4.57 Å². The van der Waals surface area contributed by atoms with Gasteiger partial charge in [-0.25, -0.2) is 0 Å². The normalized spacial score (nSPS) is 11.8. The molecule has 0 fully saturated rings. The van der Waals surface area contributed by atoms with Crippen molar-refractivity contribution in [3.8, 4) is 39.1 Å². The Bertz CT molecular complexity index is 3440. The van der Waals surface area contributed by atoms with E-state index in [4.69, 9.17) is 0 Å². The van der Waals surface area contributed by atoms with Crippen LogP contribution >= 0.6 is 0 Å². The van der Waals surface area contributed by atoms with Gasteiger partial charge in [0.25, 0.3) is 0 Å². The van der Waals surface area contributed by atoms with Crippen molar-refractivity contribution in [2.45, 2.75) is 13.1 Å². The van der Waals surface area contributed by atoms with E-state index in [0.717, 1.165) is 67.2 Å². The molecule has 5 heteroatoms. The molecule has 0 spiro atoms. The number of rotatable bonds is 7. The predicted molar refractivity (Wildman–Crippen MR) is 257 cm³/mol. The standard InChI is InChI=1S/C58H39F3N2/c1-38-13-11-17-46(35-38)62(47-18-12-16-43(37-47)58(59,60)61)44-30-25-39(26-31-44)42-29-34-55-53(36-42)48-19-9-10-24-54(48)63(55)45-32-27-41(28-33-45)57-51-22-7-5-20-49(51)56(40-14-3-2-4-15-40)50-21-6-8-23-52(50)57/h2-37H,1H3. The third-order valence-corrected chi connectivity index (χ3v) is 12.2. The highest BCUT2D eigenvalue weighted by atomic mass is 19.4. The van der Waals surface area contributed by atoms with E-state index in [1.54, 1.807) is 6.07 Å². The summed E-state index contributed by atoms with van der Waals surface area (Å²) in [6.07, 6.45) is -4.45. The Morgan fingerprint density at radius 3 is 1.49 bits per heavy atom. The zero-order chi connectivity index (χ0) is 42.7.